The summed E-state index contributed by atoms with van der Waals surface area (Å²) in [5, 5.41) is 2.83. The summed E-state index contributed by atoms with van der Waals surface area (Å²) in [4.78, 5) is 24.6. The Balaban J connectivity index is 1.83. The van der Waals surface area contributed by atoms with E-state index in [-0.39, 0.29) is 11.5 Å². The number of aromatic nitrogens is 1. The Kier molecular flexibility index (Phi) is 5.14. The minimum Gasteiger partial charge on any atom is -0.322 e. The molecule has 0 unspecified atom stereocenters. The van der Waals surface area contributed by atoms with Crippen LogP contribution in [0.25, 0.3) is 0 Å². The van der Waals surface area contributed by atoms with Gasteiger partial charge in [-0.2, -0.15) is 0 Å². The van der Waals surface area contributed by atoms with Gasteiger partial charge in [0.1, 0.15) is 0 Å². The fourth-order valence-corrected chi connectivity index (χ4v) is 2.76. The Morgan fingerprint density at radius 3 is 2.48 bits per heavy atom. The number of benzene rings is 2. The number of hydrogen-bond donors (Lipinski definition) is 1. The maximum atomic E-state index is 12.4. The van der Waals surface area contributed by atoms with Crippen molar-refractivity contribution in [2.24, 2.45) is 0 Å². The third-order valence-electron chi connectivity index (χ3n) is 3.95. The minimum absolute atomic E-state index is 0.136. The summed E-state index contributed by atoms with van der Waals surface area (Å²) in [5.41, 5.74) is 3.17. The van der Waals surface area contributed by atoms with Crippen molar-refractivity contribution < 1.29 is 4.79 Å². The van der Waals surface area contributed by atoms with Gasteiger partial charge in [0.2, 0.25) is 0 Å². The molecule has 3 rings (SSSR count). The summed E-state index contributed by atoms with van der Waals surface area (Å²) in [6, 6.07) is 18.2. The van der Waals surface area contributed by atoms with Crippen molar-refractivity contribution in [3.05, 3.63) is 98.4 Å². The average molecular weight is 397 g/mol. The lowest BCUT2D eigenvalue weighted by Crippen LogP contribution is -2.22. The lowest BCUT2D eigenvalue weighted by atomic mass is 10.1. The first-order valence-electron chi connectivity index (χ1n) is 7.85. The van der Waals surface area contributed by atoms with Gasteiger partial charge in [-0.05, 0) is 48.4 Å². The highest BCUT2D eigenvalue weighted by Crippen LogP contribution is 2.15. The Morgan fingerprint density at radius 1 is 1.04 bits per heavy atom. The number of hydrogen-bond acceptors (Lipinski definition) is 2. The summed E-state index contributed by atoms with van der Waals surface area (Å²) < 4.78 is 2.50. The average Bonchev–Trinajstić information content (AvgIpc) is 2.60. The van der Waals surface area contributed by atoms with E-state index in [0.717, 1.165) is 15.6 Å². The van der Waals surface area contributed by atoms with Gasteiger partial charge in [-0.3, -0.25) is 9.59 Å². The third-order valence-corrected chi connectivity index (χ3v) is 4.48. The number of amides is 1. The van der Waals surface area contributed by atoms with Crippen LogP contribution in [0, 0.1) is 6.92 Å². The molecule has 5 heteroatoms. The number of anilines is 1. The number of carbonyl (C=O) groups excluding carboxylic acids is 1. The molecule has 0 aliphatic heterocycles. The molecule has 2 aromatic carbocycles. The normalized spacial score (nSPS) is 10.5. The van der Waals surface area contributed by atoms with Crippen LogP contribution in [0.1, 0.15) is 21.5 Å². The fourth-order valence-electron chi connectivity index (χ4n) is 2.50. The molecular formula is C20H17BrN2O2. The molecule has 0 saturated carbocycles. The first kappa shape index (κ1) is 17.2. The zero-order chi connectivity index (χ0) is 17.8. The smallest absolute Gasteiger partial charge is 0.257 e. The summed E-state index contributed by atoms with van der Waals surface area (Å²) in [5.74, 6) is -0.249. The van der Waals surface area contributed by atoms with Crippen molar-refractivity contribution in [3.8, 4) is 0 Å². The number of rotatable bonds is 4. The van der Waals surface area contributed by atoms with Gasteiger partial charge < -0.3 is 9.88 Å². The molecule has 0 saturated heterocycles. The summed E-state index contributed by atoms with van der Waals surface area (Å²) in [7, 11) is 0. The Bertz CT molecular complexity index is 962. The van der Waals surface area contributed by atoms with Crippen LogP contribution in [-0.4, -0.2) is 10.5 Å². The molecule has 1 N–H and O–H groups in total. The van der Waals surface area contributed by atoms with Gasteiger partial charge in [0.05, 0.1) is 12.1 Å². The van der Waals surface area contributed by atoms with Crippen LogP contribution in [0.3, 0.4) is 0 Å². The Hall–Kier alpha value is -2.66. The molecule has 0 spiro atoms. The van der Waals surface area contributed by atoms with Gasteiger partial charge in [-0.15, -0.1) is 0 Å². The van der Waals surface area contributed by atoms with Crippen LogP contribution in [-0.2, 0) is 6.54 Å². The van der Waals surface area contributed by atoms with Crippen molar-refractivity contribution in [2.45, 2.75) is 13.5 Å². The largest absolute Gasteiger partial charge is 0.322 e. The van der Waals surface area contributed by atoms with Gasteiger partial charge in [-0.1, -0.05) is 40.2 Å². The van der Waals surface area contributed by atoms with Crippen LogP contribution >= 0.6 is 15.9 Å². The second kappa shape index (κ2) is 7.49. The van der Waals surface area contributed by atoms with E-state index in [4.69, 9.17) is 0 Å². The molecule has 1 heterocycles. The molecule has 0 radical (unpaired) electrons. The maximum absolute atomic E-state index is 12.4. The highest BCUT2D eigenvalue weighted by molar-refractivity contribution is 9.10. The minimum atomic E-state index is -0.249. The number of pyridine rings is 1. The maximum Gasteiger partial charge on any atom is 0.257 e. The number of carbonyl (C=O) groups is 1. The zero-order valence-corrected chi connectivity index (χ0v) is 15.3. The van der Waals surface area contributed by atoms with Crippen LogP contribution < -0.4 is 10.9 Å². The quantitative estimate of drug-likeness (QED) is 0.717. The molecule has 4 nitrogen and oxygen atoms in total. The third kappa shape index (κ3) is 4.25. The molecule has 25 heavy (non-hydrogen) atoms. The van der Waals surface area contributed by atoms with Crippen LogP contribution in [0.4, 0.5) is 5.69 Å². The van der Waals surface area contributed by atoms with Crippen LogP contribution in [0.5, 0.6) is 0 Å². The van der Waals surface area contributed by atoms with E-state index in [1.165, 1.54) is 6.07 Å². The van der Waals surface area contributed by atoms with Gasteiger partial charge in [0, 0.05) is 22.4 Å². The standard InChI is InChI=1S/C20H17BrN2O2/c1-14-4-2-3-5-15(14)12-23-13-16(6-11-19(23)24)20(25)22-18-9-7-17(21)8-10-18/h2-11,13H,12H2,1H3,(H,22,25). The molecule has 0 fully saturated rings. The highest BCUT2D eigenvalue weighted by atomic mass is 79.9. The fraction of sp³-hybridized carbons (Fsp3) is 0.100. The molecule has 0 aliphatic carbocycles. The molecule has 0 bridgehead atoms. The van der Waals surface area contributed by atoms with E-state index < -0.39 is 0 Å². The molecule has 1 amide bonds. The van der Waals surface area contributed by atoms with E-state index in [1.807, 2.05) is 55.5 Å². The number of aryl methyl sites for hydroxylation is 1. The monoisotopic (exact) mass is 396 g/mol. The van der Waals surface area contributed by atoms with E-state index >= 15 is 0 Å². The second-order valence-corrected chi connectivity index (χ2v) is 6.69. The molecule has 1 aromatic heterocycles. The topological polar surface area (TPSA) is 51.1 Å². The molecule has 0 aliphatic rings. The number of halogens is 1. The molecule has 3 aromatic rings. The highest BCUT2D eigenvalue weighted by Gasteiger charge is 2.09. The summed E-state index contributed by atoms with van der Waals surface area (Å²) in [6.07, 6.45) is 1.60. The summed E-state index contributed by atoms with van der Waals surface area (Å²) in [6.45, 7) is 2.44. The Morgan fingerprint density at radius 2 is 1.76 bits per heavy atom. The van der Waals surface area contributed by atoms with Crippen molar-refractivity contribution in [1.29, 1.82) is 0 Å². The van der Waals surface area contributed by atoms with Gasteiger partial charge in [0.15, 0.2) is 0 Å². The van der Waals surface area contributed by atoms with Crippen molar-refractivity contribution in [1.82, 2.24) is 4.57 Å². The van der Waals surface area contributed by atoms with Crippen LogP contribution in [0.2, 0.25) is 0 Å². The van der Waals surface area contributed by atoms with Crippen molar-refractivity contribution in [3.63, 3.8) is 0 Å². The van der Waals surface area contributed by atoms with Crippen molar-refractivity contribution >= 4 is 27.5 Å². The lowest BCUT2D eigenvalue weighted by Gasteiger charge is -2.11. The second-order valence-electron chi connectivity index (χ2n) is 5.77. The van der Waals surface area contributed by atoms with Crippen molar-refractivity contribution in [2.75, 3.05) is 5.32 Å². The van der Waals surface area contributed by atoms with E-state index in [1.54, 1.807) is 16.8 Å². The number of nitrogens with zero attached hydrogens (tertiary/aromatic N) is 1. The SMILES string of the molecule is Cc1ccccc1Cn1cc(C(=O)Nc2ccc(Br)cc2)ccc1=O. The van der Waals surface area contributed by atoms with Crippen LogP contribution in [0.15, 0.2) is 76.1 Å². The predicted molar refractivity (Wildman–Crippen MR) is 103 cm³/mol. The van der Waals surface area contributed by atoms with Gasteiger partial charge in [-0.25, -0.2) is 0 Å². The molecule has 0 atom stereocenters. The first-order valence-corrected chi connectivity index (χ1v) is 8.64. The van der Waals surface area contributed by atoms with Gasteiger partial charge >= 0.3 is 0 Å². The number of nitrogens with one attached hydrogen (secondary N) is 1. The van der Waals surface area contributed by atoms with E-state index in [0.29, 0.717) is 17.8 Å². The predicted octanol–water partition coefficient (Wildman–Crippen LogP) is 4.22. The van der Waals surface area contributed by atoms with E-state index in [9.17, 15) is 9.59 Å². The molecular weight excluding hydrogens is 380 g/mol. The lowest BCUT2D eigenvalue weighted by molar-refractivity contribution is 0.102. The Labute approximate surface area is 154 Å². The first-order chi connectivity index (χ1) is 12.0. The summed E-state index contributed by atoms with van der Waals surface area (Å²) >= 11 is 3.36. The zero-order valence-electron chi connectivity index (χ0n) is 13.7. The molecule has 126 valence electrons. The van der Waals surface area contributed by atoms with Gasteiger partial charge in [0.25, 0.3) is 11.5 Å². The van der Waals surface area contributed by atoms with E-state index in [2.05, 4.69) is 21.2 Å².